The Morgan fingerprint density at radius 3 is 2.74 bits per heavy atom. The Labute approximate surface area is 142 Å². The van der Waals surface area contributed by atoms with Gasteiger partial charge in [0.2, 0.25) is 5.91 Å². The van der Waals surface area contributed by atoms with Gasteiger partial charge in [0.05, 0.1) is 11.4 Å². The second kappa shape index (κ2) is 7.88. The van der Waals surface area contributed by atoms with Crippen LogP contribution in [0.2, 0.25) is 5.02 Å². The molecule has 2 rings (SSSR count). The van der Waals surface area contributed by atoms with Crippen molar-refractivity contribution in [2.45, 2.75) is 32.7 Å². The molecule has 1 aromatic rings. The summed E-state index contributed by atoms with van der Waals surface area (Å²) < 4.78 is 11.0. The van der Waals surface area contributed by atoms with Crippen LogP contribution >= 0.6 is 11.6 Å². The third-order valence-electron chi connectivity index (χ3n) is 4.09. The summed E-state index contributed by atoms with van der Waals surface area (Å²) in [4.78, 5) is 14.1. The van der Waals surface area contributed by atoms with Crippen molar-refractivity contribution < 1.29 is 14.3 Å². The number of likely N-dealkylation sites (N-methyl/N-ethyl adjacent to an activating group) is 1. The standard InChI is InChI=1S/C17H25ClN2O3/c1-11(2)14(19)4-5-20(3)16(21)10-12-8-13(18)17-15(9-12)22-6-7-23-17/h8-9,11,14H,4-7,10,19H2,1-3H3. The number of amides is 1. The summed E-state index contributed by atoms with van der Waals surface area (Å²) in [6, 6.07) is 3.70. The van der Waals surface area contributed by atoms with Gasteiger partial charge in [-0.3, -0.25) is 4.79 Å². The van der Waals surface area contributed by atoms with Gasteiger partial charge in [0, 0.05) is 19.6 Å². The molecule has 0 aliphatic carbocycles. The zero-order valence-electron chi connectivity index (χ0n) is 14.0. The molecule has 0 fully saturated rings. The molecule has 1 amide bonds. The Bertz CT molecular complexity index is 563. The van der Waals surface area contributed by atoms with E-state index in [9.17, 15) is 4.79 Å². The maximum Gasteiger partial charge on any atom is 0.226 e. The first-order chi connectivity index (χ1) is 10.9. The van der Waals surface area contributed by atoms with E-state index in [-0.39, 0.29) is 18.4 Å². The fraction of sp³-hybridized carbons (Fsp3) is 0.588. The predicted molar refractivity (Wildman–Crippen MR) is 91.2 cm³/mol. The van der Waals surface area contributed by atoms with Crippen molar-refractivity contribution in [1.29, 1.82) is 0 Å². The zero-order chi connectivity index (χ0) is 17.0. The number of nitrogens with two attached hydrogens (primary N) is 1. The highest BCUT2D eigenvalue weighted by molar-refractivity contribution is 6.32. The lowest BCUT2D eigenvalue weighted by atomic mass is 10.0. The molecule has 0 spiro atoms. The molecule has 1 aliphatic heterocycles. The zero-order valence-corrected chi connectivity index (χ0v) is 14.7. The molecule has 23 heavy (non-hydrogen) atoms. The molecule has 2 N–H and O–H groups in total. The molecular weight excluding hydrogens is 316 g/mol. The first-order valence-corrected chi connectivity index (χ1v) is 8.34. The lowest BCUT2D eigenvalue weighted by Crippen LogP contribution is -2.35. The lowest BCUT2D eigenvalue weighted by molar-refractivity contribution is -0.129. The minimum Gasteiger partial charge on any atom is -0.486 e. The SMILES string of the molecule is CC(C)C(N)CCN(C)C(=O)Cc1cc(Cl)c2c(c1)OCCO2. The molecule has 1 heterocycles. The Morgan fingerprint density at radius 1 is 1.35 bits per heavy atom. The van der Waals surface area contributed by atoms with Crippen LogP contribution in [0.3, 0.4) is 0 Å². The second-order valence-corrected chi connectivity index (χ2v) is 6.70. The summed E-state index contributed by atoms with van der Waals surface area (Å²) in [6.07, 6.45) is 1.07. The summed E-state index contributed by atoms with van der Waals surface area (Å²) in [6.45, 7) is 5.81. The number of rotatable bonds is 6. The number of carbonyl (C=O) groups is 1. The number of hydrogen-bond donors (Lipinski definition) is 1. The fourth-order valence-electron chi connectivity index (χ4n) is 2.38. The van der Waals surface area contributed by atoms with E-state index in [0.717, 1.165) is 12.0 Å². The number of halogens is 1. The van der Waals surface area contributed by atoms with Gasteiger partial charge < -0.3 is 20.1 Å². The van der Waals surface area contributed by atoms with Crippen molar-refractivity contribution >= 4 is 17.5 Å². The number of ether oxygens (including phenoxy) is 2. The number of hydrogen-bond acceptors (Lipinski definition) is 4. The largest absolute Gasteiger partial charge is 0.486 e. The molecule has 128 valence electrons. The Hall–Kier alpha value is -1.46. The first-order valence-electron chi connectivity index (χ1n) is 7.96. The van der Waals surface area contributed by atoms with E-state index >= 15 is 0 Å². The van der Waals surface area contributed by atoms with Gasteiger partial charge in [-0.15, -0.1) is 0 Å². The van der Waals surface area contributed by atoms with Crippen LogP contribution in [0.4, 0.5) is 0 Å². The van der Waals surface area contributed by atoms with Crippen LogP contribution in [-0.4, -0.2) is 43.7 Å². The summed E-state index contributed by atoms with van der Waals surface area (Å²) >= 11 is 6.20. The van der Waals surface area contributed by atoms with E-state index in [1.807, 2.05) is 6.07 Å². The second-order valence-electron chi connectivity index (χ2n) is 6.29. The van der Waals surface area contributed by atoms with Gasteiger partial charge in [0.1, 0.15) is 13.2 Å². The summed E-state index contributed by atoms with van der Waals surface area (Å²) in [7, 11) is 1.80. The number of benzene rings is 1. The lowest BCUT2D eigenvalue weighted by Gasteiger charge is -2.23. The topological polar surface area (TPSA) is 64.8 Å². The van der Waals surface area contributed by atoms with Crippen LogP contribution < -0.4 is 15.2 Å². The molecule has 0 bridgehead atoms. The molecule has 0 saturated heterocycles. The van der Waals surface area contributed by atoms with Crippen molar-refractivity contribution in [3.63, 3.8) is 0 Å². The van der Waals surface area contributed by atoms with Crippen LogP contribution in [0.15, 0.2) is 12.1 Å². The number of fused-ring (bicyclic) bond motifs is 1. The van der Waals surface area contributed by atoms with Gasteiger partial charge in [-0.1, -0.05) is 25.4 Å². The third-order valence-corrected chi connectivity index (χ3v) is 4.37. The quantitative estimate of drug-likeness (QED) is 0.864. The highest BCUT2D eigenvalue weighted by atomic mass is 35.5. The van der Waals surface area contributed by atoms with Gasteiger partial charge in [-0.25, -0.2) is 0 Å². The van der Waals surface area contributed by atoms with Gasteiger partial charge >= 0.3 is 0 Å². The Morgan fingerprint density at radius 2 is 2.04 bits per heavy atom. The molecule has 6 heteroatoms. The van der Waals surface area contributed by atoms with Gasteiger partial charge in [0.25, 0.3) is 0 Å². The molecule has 0 aromatic heterocycles. The van der Waals surface area contributed by atoms with Crippen LogP contribution in [0.25, 0.3) is 0 Å². The average molecular weight is 341 g/mol. The Kier molecular flexibility index (Phi) is 6.13. The van der Waals surface area contributed by atoms with E-state index in [1.54, 1.807) is 18.0 Å². The smallest absolute Gasteiger partial charge is 0.226 e. The highest BCUT2D eigenvalue weighted by Gasteiger charge is 2.19. The monoisotopic (exact) mass is 340 g/mol. The fourth-order valence-corrected chi connectivity index (χ4v) is 2.66. The van der Waals surface area contributed by atoms with E-state index < -0.39 is 0 Å². The van der Waals surface area contributed by atoms with Crippen molar-refractivity contribution in [2.75, 3.05) is 26.8 Å². The minimum atomic E-state index is 0.0358. The van der Waals surface area contributed by atoms with Crippen LogP contribution in [0.1, 0.15) is 25.8 Å². The molecule has 5 nitrogen and oxygen atoms in total. The first kappa shape index (κ1) is 17.9. The van der Waals surface area contributed by atoms with Crippen molar-refractivity contribution in [3.8, 4) is 11.5 Å². The minimum absolute atomic E-state index is 0.0358. The van der Waals surface area contributed by atoms with Crippen LogP contribution in [-0.2, 0) is 11.2 Å². The maximum absolute atomic E-state index is 12.3. The predicted octanol–water partition coefficient (Wildman–Crippen LogP) is 2.49. The van der Waals surface area contributed by atoms with Crippen LogP contribution in [0.5, 0.6) is 11.5 Å². The van der Waals surface area contributed by atoms with Crippen LogP contribution in [0, 0.1) is 5.92 Å². The maximum atomic E-state index is 12.3. The van der Waals surface area contributed by atoms with Gasteiger partial charge in [-0.05, 0) is 30.0 Å². The average Bonchev–Trinajstić information content (AvgIpc) is 2.52. The van der Waals surface area contributed by atoms with E-state index in [4.69, 9.17) is 26.8 Å². The molecule has 1 aliphatic rings. The van der Waals surface area contributed by atoms with E-state index in [1.165, 1.54) is 0 Å². The Balaban J connectivity index is 1.96. The van der Waals surface area contributed by atoms with Crippen molar-refractivity contribution in [1.82, 2.24) is 4.90 Å². The normalized spacial score (nSPS) is 14.7. The molecule has 0 saturated carbocycles. The van der Waals surface area contributed by atoms with Gasteiger partial charge in [0.15, 0.2) is 11.5 Å². The summed E-state index contributed by atoms with van der Waals surface area (Å²) in [5.74, 6) is 1.62. The van der Waals surface area contributed by atoms with E-state index in [0.29, 0.717) is 42.2 Å². The van der Waals surface area contributed by atoms with Crippen molar-refractivity contribution in [3.05, 3.63) is 22.7 Å². The number of carbonyl (C=O) groups excluding carboxylic acids is 1. The van der Waals surface area contributed by atoms with E-state index in [2.05, 4.69) is 13.8 Å². The molecule has 1 atom stereocenters. The van der Waals surface area contributed by atoms with Crippen molar-refractivity contribution in [2.24, 2.45) is 11.7 Å². The molecular formula is C17H25ClN2O3. The molecule has 1 unspecified atom stereocenters. The third kappa shape index (κ3) is 4.75. The number of nitrogens with zero attached hydrogens (tertiary/aromatic N) is 1. The van der Waals surface area contributed by atoms with Gasteiger partial charge in [-0.2, -0.15) is 0 Å². The highest BCUT2D eigenvalue weighted by Crippen LogP contribution is 2.38. The molecule has 0 radical (unpaired) electrons. The molecule has 1 aromatic carbocycles. The summed E-state index contributed by atoms with van der Waals surface area (Å²) in [5.41, 5.74) is 6.85. The summed E-state index contributed by atoms with van der Waals surface area (Å²) in [5, 5.41) is 0.481.